The van der Waals surface area contributed by atoms with Crippen LogP contribution in [0.15, 0.2) is 74.8 Å². The van der Waals surface area contributed by atoms with E-state index in [4.69, 9.17) is 18.6 Å². The second kappa shape index (κ2) is 11.5. The Morgan fingerprint density at radius 1 is 1.00 bits per heavy atom. The molecular weight excluding hydrogens is 476 g/mol. The van der Waals surface area contributed by atoms with Crippen LogP contribution >= 0.6 is 0 Å². The van der Waals surface area contributed by atoms with Gasteiger partial charge in [-0.05, 0) is 24.1 Å². The van der Waals surface area contributed by atoms with Gasteiger partial charge in [-0.25, -0.2) is 4.79 Å². The van der Waals surface area contributed by atoms with Gasteiger partial charge in [-0.15, -0.1) is 0 Å². The number of hydrogen-bond acceptors (Lipinski definition) is 7. The lowest BCUT2D eigenvalue weighted by Crippen LogP contribution is -2.29. The van der Waals surface area contributed by atoms with E-state index in [0.29, 0.717) is 46.8 Å². The monoisotopic (exact) mass is 504 g/mol. The molecule has 1 amide bonds. The lowest BCUT2D eigenvalue weighted by Gasteiger charge is -2.15. The number of nitrogens with one attached hydrogen (secondary N) is 1. The van der Waals surface area contributed by atoms with Crippen LogP contribution in [0.3, 0.4) is 0 Å². The van der Waals surface area contributed by atoms with Crippen molar-refractivity contribution >= 4 is 16.9 Å². The standard InChI is InChI=1S/C28H28N2O7/c1-18-28(36-17-19-7-5-4-6-8-19)22(31)9-11-30(18)12-10-29-26(32)13-20-14-27(33)37-23-16-25(35-3)24(34-2)15-21(20)23/h4-9,11,14-16H,10,12-13,17H2,1-3H3,(H,29,32). The maximum absolute atomic E-state index is 12.7. The van der Waals surface area contributed by atoms with Crippen molar-refractivity contribution in [3.63, 3.8) is 0 Å². The number of fused-ring (bicyclic) bond motifs is 1. The Hall–Kier alpha value is -4.53. The molecule has 0 bridgehead atoms. The van der Waals surface area contributed by atoms with Gasteiger partial charge >= 0.3 is 5.63 Å². The Morgan fingerprint density at radius 3 is 2.46 bits per heavy atom. The number of amides is 1. The highest BCUT2D eigenvalue weighted by atomic mass is 16.5. The first-order valence-electron chi connectivity index (χ1n) is 11.7. The molecule has 192 valence electrons. The molecule has 37 heavy (non-hydrogen) atoms. The number of aromatic nitrogens is 1. The van der Waals surface area contributed by atoms with Gasteiger partial charge in [0.1, 0.15) is 12.2 Å². The fourth-order valence-corrected chi connectivity index (χ4v) is 4.05. The fraction of sp³-hybridized carbons (Fsp3) is 0.250. The molecule has 2 aromatic carbocycles. The number of carbonyl (C=O) groups excluding carboxylic acids is 1. The molecular formula is C28H28N2O7. The second-order valence-corrected chi connectivity index (χ2v) is 8.38. The lowest BCUT2D eigenvalue weighted by molar-refractivity contribution is -0.120. The highest BCUT2D eigenvalue weighted by Crippen LogP contribution is 2.33. The Morgan fingerprint density at radius 2 is 1.73 bits per heavy atom. The predicted octanol–water partition coefficient (Wildman–Crippen LogP) is 3.22. The number of nitrogens with zero attached hydrogens (tertiary/aromatic N) is 1. The molecule has 0 aliphatic carbocycles. The fourth-order valence-electron chi connectivity index (χ4n) is 4.05. The van der Waals surface area contributed by atoms with Gasteiger partial charge in [-0.2, -0.15) is 0 Å². The van der Waals surface area contributed by atoms with Crippen LogP contribution in [-0.4, -0.2) is 31.2 Å². The van der Waals surface area contributed by atoms with Gasteiger partial charge in [-0.3, -0.25) is 9.59 Å². The minimum Gasteiger partial charge on any atom is -0.493 e. The van der Waals surface area contributed by atoms with Crippen LogP contribution in [0.4, 0.5) is 0 Å². The summed E-state index contributed by atoms with van der Waals surface area (Å²) in [5.74, 6) is 0.901. The van der Waals surface area contributed by atoms with E-state index in [0.717, 1.165) is 5.56 Å². The van der Waals surface area contributed by atoms with E-state index >= 15 is 0 Å². The molecule has 0 aliphatic heterocycles. The van der Waals surface area contributed by atoms with Crippen LogP contribution in [0.2, 0.25) is 0 Å². The van der Waals surface area contributed by atoms with Crippen LogP contribution in [0, 0.1) is 6.92 Å². The number of benzene rings is 2. The molecule has 2 aromatic heterocycles. The van der Waals surface area contributed by atoms with E-state index in [1.807, 2.05) is 34.9 Å². The molecule has 1 N–H and O–H groups in total. The normalized spacial score (nSPS) is 10.8. The lowest BCUT2D eigenvalue weighted by atomic mass is 10.1. The molecule has 0 radical (unpaired) electrons. The number of ether oxygens (including phenoxy) is 3. The molecule has 2 heterocycles. The van der Waals surface area contributed by atoms with E-state index in [2.05, 4.69) is 5.32 Å². The zero-order valence-corrected chi connectivity index (χ0v) is 20.9. The molecule has 0 saturated carbocycles. The van der Waals surface area contributed by atoms with Crippen LogP contribution < -0.4 is 30.6 Å². The zero-order chi connectivity index (χ0) is 26.4. The van der Waals surface area contributed by atoms with Crippen molar-refractivity contribution in [3.8, 4) is 17.2 Å². The Balaban J connectivity index is 1.42. The van der Waals surface area contributed by atoms with Crippen LogP contribution in [0.25, 0.3) is 11.0 Å². The summed E-state index contributed by atoms with van der Waals surface area (Å²) in [7, 11) is 2.99. The first kappa shape index (κ1) is 25.6. The van der Waals surface area contributed by atoms with Gasteiger partial charge in [-0.1, -0.05) is 30.3 Å². The number of methoxy groups -OCH3 is 2. The minimum absolute atomic E-state index is 0.0217. The van der Waals surface area contributed by atoms with Crippen molar-refractivity contribution < 1.29 is 23.4 Å². The highest BCUT2D eigenvalue weighted by Gasteiger charge is 2.15. The Kier molecular flexibility index (Phi) is 7.92. The van der Waals surface area contributed by atoms with Gasteiger partial charge in [0.25, 0.3) is 0 Å². The van der Waals surface area contributed by atoms with Gasteiger partial charge in [0.05, 0.1) is 26.3 Å². The molecule has 9 nitrogen and oxygen atoms in total. The van der Waals surface area contributed by atoms with Crippen LogP contribution in [0.1, 0.15) is 16.8 Å². The number of rotatable bonds is 10. The van der Waals surface area contributed by atoms with E-state index in [1.54, 1.807) is 25.3 Å². The molecule has 0 spiro atoms. The first-order valence-corrected chi connectivity index (χ1v) is 11.7. The first-order chi connectivity index (χ1) is 17.9. The summed E-state index contributed by atoms with van der Waals surface area (Å²) in [5.41, 5.74) is 1.69. The average molecular weight is 505 g/mol. The summed E-state index contributed by atoms with van der Waals surface area (Å²) in [6.45, 7) is 2.84. The second-order valence-electron chi connectivity index (χ2n) is 8.38. The molecule has 0 unspecified atom stereocenters. The van der Waals surface area contributed by atoms with Crippen molar-refractivity contribution in [3.05, 3.63) is 98.3 Å². The largest absolute Gasteiger partial charge is 0.493 e. The average Bonchev–Trinajstić information content (AvgIpc) is 2.89. The smallest absolute Gasteiger partial charge is 0.336 e. The Labute approximate surface area is 213 Å². The summed E-state index contributed by atoms with van der Waals surface area (Å²) in [6.07, 6.45) is 1.65. The molecule has 0 atom stereocenters. The van der Waals surface area contributed by atoms with E-state index < -0.39 is 5.63 Å². The van der Waals surface area contributed by atoms with E-state index in [1.165, 1.54) is 26.4 Å². The summed E-state index contributed by atoms with van der Waals surface area (Å²) in [4.78, 5) is 37.1. The van der Waals surface area contributed by atoms with Gasteiger partial charge in [0.2, 0.25) is 11.3 Å². The molecule has 4 aromatic rings. The quantitative estimate of drug-likeness (QED) is 0.330. The number of carbonyl (C=O) groups is 1. The molecule has 4 rings (SSSR count). The van der Waals surface area contributed by atoms with Crippen LogP contribution in [-0.2, 0) is 24.4 Å². The van der Waals surface area contributed by atoms with Crippen LogP contribution in [0.5, 0.6) is 17.2 Å². The third kappa shape index (κ3) is 6.00. The molecule has 9 heteroatoms. The summed E-state index contributed by atoms with van der Waals surface area (Å²) >= 11 is 0. The van der Waals surface area contributed by atoms with Crippen molar-refractivity contribution in [2.75, 3.05) is 20.8 Å². The zero-order valence-electron chi connectivity index (χ0n) is 20.9. The highest BCUT2D eigenvalue weighted by molar-refractivity contribution is 5.89. The molecule has 0 saturated heterocycles. The van der Waals surface area contributed by atoms with E-state index in [-0.39, 0.29) is 30.1 Å². The third-order valence-electron chi connectivity index (χ3n) is 5.98. The summed E-state index contributed by atoms with van der Waals surface area (Å²) in [5, 5.41) is 3.45. The topological polar surface area (TPSA) is 109 Å². The third-order valence-corrected chi connectivity index (χ3v) is 5.98. The maximum atomic E-state index is 12.7. The van der Waals surface area contributed by atoms with Crippen molar-refractivity contribution in [1.29, 1.82) is 0 Å². The summed E-state index contributed by atoms with van der Waals surface area (Å²) < 4.78 is 23.6. The minimum atomic E-state index is -0.561. The Bertz CT molecular complexity index is 1520. The number of pyridine rings is 1. The van der Waals surface area contributed by atoms with Crippen molar-refractivity contribution in [2.45, 2.75) is 26.5 Å². The van der Waals surface area contributed by atoms with Gasteiger partial charge < -0.3 is 28.5 Å². The van der Waals surface area contributed by atoms with Gasteiger partial charge in [0.15, 0.2) is 17.2 Å². The maximum Gasteiger partial charge on any atom is 0.336 e. The predicted molar refractivity (Wildman–Crippen MR) is 139 cm³/mol. The van der Waals surface area contributed by atoms with Gasteiger partial charge in [0, 0.05) is 42.9 Å². The van der Waals surface area contributed by atoms with Crippen molar-refractivity contribution in [2.24, 2.45) is 0 Å². The van der Waals surface area contributed by atoms with Crippen molar-refractivity contribution in [1.82, 2.24) is 9.88 Å². The number of hydrogen-bond donors (Lipinski definition) is 1. The molecule has 0 fully saturated rings. The SMILES string of the molecule is COc1cc2oc(=O)cc(CC(=O)NCCn3ccc(=O)c(OCc4ccccc4)c3C)c2cc1OC. The molecule has 0 aliphatic rings. The van der Waals surface area contributed by atoms with E-state index in [9.17, 15) is 14.4 Å². The summed E-state index contributed by atoms with van der Waals surface area (Å²) in [6, 6.07) is 15.6.